The number of benzene rings is 1. The summed E-state index contributed by atoms with van der Waals surface area (Å²) in [5.74, 6) is -1.20. The van der Waals surface area contributed by atoms with Crippen molar-refractivity contribution in [2.75, 3.05) is 0 Å². The van der Waals surface area contributed by atoms with Gasteiger partial charge >= 0.3 is 11.9 Å². The lowest BCUT2D eigenvalue weighted by Crippen LogP contribution is -2.32. The summed E-state index contributed by atoms with van der Waals surface area (Å²) in [6, 6.07) is 6.51. The lowest BCUT2D eigenvalue weighted by atomic mass is 9.93. The molecule has 5 heteroatoms. The molecule has 3 N–H and O–H groups in total. The molecule has 1 atom stereocenters. The van der Waals surface area contributed by atoms with E-state index in [9.17, 15) is 9.59 Å². The summed E-state index contributed by atoms with van der Waals surface area (Å²) in [5, 5.41) is 8.83. The van der Waals surface area contributed by atoms with Crippen molar-refractivity contribution in [1.29, 1.82) is 0 Å². The largest absolute Gasteiger partial charge is 0.480 e. The van der Waals surface area contributed by atoms with Gasteiger partial charge in [-0.25, -0.2) is 0 Å². The second kappa shape index (κ2) is 5.72. The molecule has 0 aromatic heterocycles. The monoisotopic (exact) mass is 305 g/mol. The smallest absolute Gasteiger partial charge is 0.320 e. The SMILES string of the molecule is CC(C)(C)OC(=O)C1(c2ccc(C[C@H](N)C(=O)O)cc2)CC1. The van der Waals surface area contributed by atoms with Gasteiger partial charge in [0.05, 0.1) is 5.41 Å². The van der Waals surface area contributed by atoms with E-state index in [4.69, 9.17) is 15.6 Å². The number of esters is 1. The maximum atomic E-state index is 12.4. The molecule has 1 aromatic rings. The van der Waals surface area contributed by atoms with Crippen LogP contribution in [0.2, 0.25) is 0 Å². The van der Waals surface area contributed by atoms with E-state index in [0.717, 1.165) is 24.0 Å². The molecule has 0 saturated heterocycles. The second-order valence-corrected chi connectivity index (χ2v) is 6.93. The first kappa shape index (κ1) is 16.5. The van der Waals surface area contributed by atoms with Crippen LogP contribution >= 0.6 is 0 Å². The molecule has 1 saturated carbocycles. The Balaban J connectivity index is 2.10. The van der Waals surface area contributed by atoms with Crippen molar-refractivity contribution in [3.63, 3.8) is 0 Å². The molecule has 0 spiro atoms. The van der Waals surface area contributed by atoms with Crippen LogP contribution in [0.1, 0.15) is 44.7 Å². The summed E-state index contributed by atoms with van der Waals surface area (Å²) in [5.41, 5.74) is 6.27. The van der Waals surface area contributed by atoms with Gasteiger partial charge in [0, 0.05) is 0 Å². The number of carboxylic acid groups (broad SMARTS) is 1. The molecule has 0 heterocycles. The summed E-state index contributed by atoms with van der Waals surface area (Å²) in [7, 11) is 0. The Morgan fingerprint density at radius 1 is 1.27 bits per heavy atom. The van der Waals surface area contributed by atoms with Crippen LogP contribution in [0.4, 0.5) is 0 Å². The van der Waals surface area contributed by atoms with E-state index in [2.05, 4.69) is 0 Å². The number of carbonyl (C=O) groups excluding carboxylic acids is 1. The van der Waals surface area contributed by atoms with Crippen LogP contribution in [-0.2, 0) is 26.2 Å². The molecule has 0 radical (unpaired) electrons. The van der Waals surface area contributed by atoms with Crippen LogP contribution in [0.15, 0.2) is 24.3 Å². The number of nitrogens with two attached hydrogens (primary N) is 1. The van der Waals surface area contributed by atoms with Gasteiger partial charge < -0.3 is 15.6 Å². The first-order chi connectivity index (χ1) is 10.1. The zero-order valence-corrected chi connectivity index (χ0v) is 13.3. The quantitative estimate of drug-likeness (QED) is 0.812. The van der Waals surface area contributed by atoms with Gasteiger partial charge in [0.1, 0.15) is 11.6 Å². The highest BCUT2D eigenvalue weighted by molar-refractivity contribution is 5.87. The number of carbonyl (C=O) groups is 2. The molecule has 0 unspecified atom stereocenters. The van der Waals surface area contributed by atoms with Gasteiger partial charge in [-0.3, -0.25) is 9.59 Å². The zero-order valence-electron chi connectivity index (χ0n) is 13.3. The Morgan fingerprint density at radius 2 is 1.82 bits per heavy atom. The predicted octanol–water partition coefficient (Wildman–Crippen LogP) is 2.01. The maximum absolute atomic E-state index is 12.4. The molecule has 0 aliphatic heterocycles. The van der Waals surface area contributed by atoms with Gasteiger partial charge in [-0.05, 0) is 51.2 Å². The van der Waals surface area contributed by atoms with Gasteiger partial charge in [-0.2, -0.15) is 0 Å². The number of aliphatic carboxylic acids is 1. The summed E-state index contributed by atoms with van der Waals surface area (Å²) >= 11 is 0. The Hall–Kier alpha value is -1.88. The minimum atomic E-state index is -1.02. The molecule has 120 valence electrons. The van der Waals surface area contributed by atoms with Crippen LogP contribution in [0.5, 0.6) is 0 Å². The van der Waals surface area contributed by atoms with Crippen molar-refractivity contribution in [1.82, 2.24) is 0 Å². The molecular weight excluding hydrogens is 282 g/mol. The predicted molar refractivity (Wildman–Crippen MR) is 82.5 cm³/mol. The van der Waals surface area contributed by atoms with Crippen LogP contribution in [0, 0.1) is 0 Å². The van der Waals surface area contributed by atoms with Gasteiger partial charge in [0.15, 0.2) is 0 Å². The molecule has 1 aliphatic carbocycles. The summed E-state index contributed by atoms with van der Waals surface area (Å²) in [6.07, 6.45) is 1.85. The van der Waals surface area contributed by atoms with E-state index >= 15 is 0 Å². The zero-order chi connectivity index (χ0) is 16.5. The molecule has 5 nitrogen and oxygen atoms in total. The van der Waals surface area contributed by atoms with Gasteiger partial charge in [-0.15, -0.1) is 0 Å². The minimum absolute atomic E-state index is 0.185. The minimum Gasteiger partial charge on any atom is -0.480 e. The molecule has 1 fully saturated rings. The highest BCUT2D eigenvalue weighted by Crippen LogP contribution is 2.49. The molecule has 2 rings (SSSR count). The number of ether oxygens (including phenoxy) is 1. The fraction of sp³-hybridized carbons (Fsp3) is 0.529. The van der Waals surface area contributed by atoms with Crippen LogP contribution in [-0.4, -0.2) is 28.7 Å². The van der Waals surface area contributed by atoms with Crippen molar-refractivity contribution < 1.29 is 19.4 Å². The van der Waals surface area contributed by atoms with Crippen molar-refractivity contribution >= 4 is 11.9 Å². The highest BCUT2D eigenvalue weighted by Gasteiger charge is 2.53. The Kier molecular flexibility index (Phi) is 4.29. The molecule has 1 aromatic carbocycles. The lowest BCUT2D eigenvalue weighted by molar-refractivity contribution is -0.158. The summed E-state index contributed by atoms with van der Waals surface area (Å²) in [6.45, 7) is 5.58. The van der Waals surface area contributed by atoms with Crippen molar-refractivity contribution in [3.05, 3.63) is 35.4 Å². The first-order valence-electron chi connectivity index (χ1n) is 7.45. The van der Waals surface area contributed by atoms with Crippen LogP contribution in [0.3, 0.4) is 0 Å². The Bertz CT molecular complexity index is 567. The fourth-order valence-corrected chi connectivity index (χ4v) is 2.41. The summed E-state index contributed by atoms with van der Waals surface area (Å²) < 4.78 is 5.51. The molecule has 1 aliphatic rings. The van der Waals surface area contributed by atoms with E-state index in [1.54, 1.807) is 0 Å². The van der Waals surface area contributed by atoms with E-state index in [-0.39, 0.29) is 12.4 Å². The second-order valence-electron chi connectivity index (χ2n) is 6.93. The maximum Gasteiger partial charge on any atom is 0.320 e. The Labute approximate surface area is 130 Å². The van der Waals surface area contributed by atoms with Gasteiger partial charge in [0.25, 0.3) is 0 Å². The van der Waals surface area contributed by atoms with Gasteiger partial charge in [-0.1, -0.05) is 24.3 Å². The molecule has 0 amide bonds. The average Bonchev–Trinajstić information content (AvgIpc) is 3.19. The third-order valence-electron chi connectivity index (χ3n) is 3.82. The van der Waals surface area contributed by atoms with Crippen molar-refractivity contribution in [3.8, 4) is 0 Å². The average molecular weight is 305 g/mol. The number of hydrogen-bond acceptors (Lipinski definition) is 4. The highest BCUT2D eigenvalue weighted by atomic mass is 16.6. The molecule has 22 heavy (non-hydrogen) atoms. The van der Waals surface area contributed by atoms with Crippen LogP contribution in [0.25, 0.3) is 0 Å². The van der Waals surface area contributed by atoms with Gasteiger partial charge in [0.2, 0.25) is 0 Å². The number of hydrogen-bond donors (Lipinski definition) is 2. The van der Waals surface area contributed by atoms with Crippen molar-refractivity contribution in [2.45, 2.75) is 57.1 Å². The first-order valence-corrected chi connectivity index (χ1v) is 7.45. The normalized spacial score (nSPS) is 17.6. The topological polar surface area (TPSA) is 89.6 Å². The third-order valence-corrected chi connectivity index (χ3v) is 3.82. The Morgan fingerprint density at radius 3 is 2.23 bits per heavy atom. The molecule has 0 bridgehead atoms. The van der Waals surface area contributed by atoms with E-state index < -0.39 is 23.0 Å². The number of rotatable bonds is 5. The summed E-state index contributed by atoms with van der Waals surface area (Å²) in [4.78, 5) is 23.2. The lowest BCUT2D eigenvalue weighted by Gasteiger charge is -2.24. The van der Waals surface area contributed by atoms with Crippen LogP contribution < -0.4 is 5.73 Å². The van der Waals surface area contributed by atoms with E-state index in [0.29, 0.717) is 0 Å². The fourth-order valence-electron chi connectivity index (χ4n) is 2.41. The van der Waals surface area contributed by atoms with Crippen molar-refractivity contribution in [2.24, 2.45) is 5.73 Å². The molecular formula is C17H23NO4. The number of carboxylic acids is 1. The third kappa shape index (κ3) is 3.65. The van der Waals surface area contributed by atoms with E-state index in [1.165, 1.54) is 0 Å². The standard InChI is InChI=1S/C17H23NO4/c1-16(2,3)22-15(21)17(8-9-17)12-6-4-11(5-7-12)10-13(18)14(19)20/h4-7,13H,8-10,18H2,1-3H3,(H,19,20)/t13-/m0/s1. The van der Waals surface area contributed by atoms with E-state index in [1.807, 2.05) is 45.0 Å².